The molecule has 122 valence electrons. The monoisotopic (exact) mass is 368 g/mol. The van der Waals surface area contributed by atoms with Gasteiger partial charge >= 0.3 is 0 Å². The highest BCUT2D eigenvalue weighted by molar-refractivity contribution is 7.16. The number of hydrogen-bond acceptors (Lipinski definition) is 2. The van der Waals surface area contributed by atoms with Gasteiger partial charge in [0.15, 0.2) is 4.80 Å². The zero-order valence-electron chi connectivity index (χ0n) is 12.7. The molecular weight excluding hydrogens is 351 g/mol. The summed E-state index contributed by atoms with van der Waals surface area (Å²) in [4.78, 5) is 17.6. The van der Waals surface area contributed by atoms with Crippen molar-refractivity contribution in [2.45, 2.75) is 38.6 Å². The van der Waals surface area contributed by atoms with Crippen molar-refractivity contribution in [1.29, 1.82) is 0 Å². The first-order valence-electron chi connectivity index (χ1n) is 7.78. The van der Waals surface area contributed by atoms with Crippen LogP contribution in [0.3, 0.4) is 0 Å². The number of allylic oxidation sites excluding steroid dienone is 1. The molecule has 0 unspecified atom stereocenters. The highest BCUT2D eigenvalue weighted by Gasteiger charge is 2.21. The first-order valence-corrected chi connectivity index (χ1v) is 9.36. The lowest BCUT2D eigenvalue weighted by atomic mass is 9.89. The maximum atomic E-state index is 12.5. The van der Waals surface area contributed by atoms with E-state index in [-0.39, 0.29) is 11.8 Å². The van der Waals surface area contributed by atoms with Gasteiger partial charge in [-0.15, -0.1) is 6.58 Å². The summed E-state index contributed by atoms with van der Waals surface area (Å²) in [7, 11) is 0. The van der Waals surface area contributed by atoms with Gasteiger partial charge in [0.2, 0.25) is 0 Å². The van der Waals surface area contributed by atoms with Crippen LogP contribution in [0.5, 0.6) is 0 Å². The van der Waals surface area contributed by atoms with Crippen molar-refractivity contribution in [3.63, 3.8) is 0 Å². The van der Waals surface area contributed by atoms with Crippen LogP contribution in [0.15, 0.2) is 29.8 Å². The third-order valence-corrected chi connectivity index (χ3v) is 6.04. The molecule has 1 aliphatic carbocycles. The summed E-state index contributed by atoms with van der Waals surface area (Å²) >= 11 is 14.0. The fourth-order valence-electron chi connectivity index (χ4n) is 3.02. The summed E-state index contributed by atoms with van der Waals surface area (Å²) in [6, 6.07) is 3.69. The molecule has 0 N–H and O–H groups in total. The minimum absolute atomic E-state index is 0.0173. The van der Waals surface area contributed by atoms with Crippen molar-refractivity contribution in [3.05, 3.63) is 39.6 Å². The Labute approximate surface area is 149 Å². The summed E-state index contributed by atoms with van der Waals surface area (Å²) < 4.78 is 2.89. The quantitative estimate of drug-likeness (QED) is 0.685. The third kappa shape index (κ3) is 3.39. The Kier molecular flexibility index (Phi) is 5.24. The standard InChI is InChI=1S/C17H18Cl2N2OS/c1-2-10-21-15-13(9-8-12(18)14(15)19)23-17(21)20-16(22)11-6-4-3-5-7-11/h2,8-9,11H,1,3-7,10H2. The van der Waals surface area contributed by atoms with Crippen molar-refractivity contribution in [2.75, 3.05) is 0 Å². The Morgan fingerprint density at radius 2 is 2.09 bits per heavy atom. The van der Waals surface area contributed by atoms with Crippen molar-refractivity contribution >= 4 is 50.7 Å². The predicted molar refractivity (Wildman–Crippen MR) is 97.2 cm³/mol. The van der Waals surface area contributed by atoms with Crippen LogP contribution in [0.2, 0.25) is 10.0 Å². The maximum absolute atomic E-state index is 12.5. The van der Waals surface area contributed by atoms with Crippen LogP contribution in [-0.2, 0) is 11.3 Å². The summed E-state index contributed by atoms with van der Waals surface area (Å²) in [5.74, 6) is 0.0430. The molecule has 0 aliphatic heterocycles. The number of fused-ring (bicyclic) bond motifs is 1. The minimum Gasteiger partial charge on any atom is -0.311 e. The lowest BCUT2D eigenvalue weighted by molar-refractivity contribution is -0.122. The zero-order valence-corrected chi connectivity index (χ0v) is 15.1. The molecule has 1 fully saturated rings. The highest BCUT2D eigenvalue weighted by atomic mass is 35.5. The van der Waals surface area contributed by atoms with Crippen molar-refractivity contribution in [1.82, 2.24) is 4.57 Å². The lowest BCUT2D eigenvalue weighted by Crippen LogP contribution is -2.21. The number of thiazole rings is 1. The zero-order chi connectivity index (χ0) is 16.4. The Morgan fingerprint density at radius 1 is 1.35 bits per heavy atom. The fraction of sp³-hybridized carbons (Fsp3) is 0.412. The van der Waals surface area contributed by atoms with Crippen LogP contribution in [0.25, 0.3) is 10.2 Å². The summed E-state index contributed by atoms with van der Waals surface area (Å²) in [6.07, 6.45) is 7.12. The average molecular weight is 369 g/mol. The summed E-state index contributed by atoms with van der Waals surface area (Å²) in [5, 5.41) is 0.994. The van der Waals surface area contributed by atoms with Gasteiger partial charge in [-0.25, -0.2) is 0 Å². The number of carbonyl (C=O) groups excluding carboxylic acids is 1. The van der Waals surface area contributed by atoms with Crippen LogP contribution in [-0.4, -0.2) is 10.5 Å². The van der Waals surface area contributed by atoms with Gasteiger partial charge in [0.1, 0.15) is 0 Å². The van der Waals surface area contributed by atoms with E-state index in [1.165, 1.54) is 17.8 Å². The van der Waals surface area contributed by atoms with Gasteiger partial charge < -0.3 is 4.57 Å². The number of halogens is 2. The molecule has 0 radical (unpaired) electrons. The molecule has 3 rings (SSSR count). The molecule has 1 aromatic heterocycles. The number of carbonyl (C=O) groups is 1. The Bertz CT molecular complexity index is 816. The van der Waals surface area contributed by atoms with Crippen molar-refractivity contribution in [2.24, 2.45) is 10.9 Å². The molecule has 2 aromatic rings. The highest BCUT2D eigenvalue weighted by Crippen LogP contribution is 2.32. The van der Waals surface area contributed by atoms with Gasteiger partial charge in [-0.3, -0.25) is 4.79 Å². The van der Waals surface area contributed by atoms with Gasteiger partial charge in [-0.2, -0.15) is 4.99 Å². The summed E-state index contributed by atoms with van der Waals surface area (Å²) in [6.45, 7) is 4.32. The normalized spacial score (nSPS) is 16.9. The molecule has 1 heterocycles. The second-order valence-electron chi connectivity index (χ2n) is 5.78. The molecular formula is C17H18Cl2N2OS. The molecule has 1 amide bonds. The van der Waals surface area contributed by atoms with Crippen LogP contribution >= 0.6 is 34.5 Å². The van der Waals surface area contributed by atoms with E-state index in [2.05, 4.69) is 11.6 Å². The van der Waals surface area contributed by atoms with Gasteiger partial charge in [0.25, 0.3) is 5.91 Å². The number of aromatic nitrogens is 1. The van der Waals surface area contributed by atoms with E-state index in [9.17, 15) is 4.79 Å². The van der Waals surface area contributed by atoms with E-state index in [1.54, 1.807) is 12.1 Å². The molecule has 0 spiro atoms. The van der Waals surface area contributed by atoms with Gasteiger partial charge in [-0.05, 0) is 25.0 Å². The second kappa shape index (κ2) is 7.20. The van der Waals surface area contributed by atoms with Crippen LogP contribution in [0.1, 0.15) is 32.1 Å². The molecule has 0 saturated heterocycles. The molecule has 1 aromatic carbocycles. The SMILES string of the molecule is C=CCn1c(=NC(=O)C2CCCCC2)sc2ccc(Cl)c(Cl)c21. The Hall–Kier alpha value is -1.10. The molecule has 1 saturated carbocycles. The van der Waals surface area contributed by atoms with Crippen LogP contribution < -0.4 is 4.80 Å². The van der Waals surface area contributed by atoms with E-state index in [0.717, 1.165) is 35.9 Å². The Balaban J connectivity index is 2.10. The molecule has 23 heavy (non-hydrogen) atoms. The van der Waals surface area contributed by atoms with Gasteiger partial charge in [-0.1, -0.05) is 59.9 Å². The molecule has 3 nitrogen and oxygen atoms in total. The smallest absolute Gasteiger partial charge is 0.251 e. The number of benzene rings is 1. The first-order chi connectivity index (χ1) is 11.1. The topological polar surface area (TPSA) is 34.4 Å². The van der Waals surface area contributed by atoms with Crippen molar-refractivity contribution in [3.8, 4) is 0 Å². The average Bonchev–Trinajstić information content (AvgIpc) is 2.90. The van der Waals surface area contributed by atoms with Crippen LogP contribution in [0, 0.1) is 5.92 Å². The number of rotatable bonds is 3. The molecule has 0 atom stereocenters. The molecule has 6 heteroatoms. The third-order valence-electron chi connectivity index (χ3n) is 4.21. The minimum atomic E-state index is -0.0173. The number of nitrogens with zero attached hydrogens (tertiary/aromatic N) is 2. The maximum Gasteiger partial charge on any atom is 0.251 e. The number of amides is 1. The van der Waals surface area contributed by atoms with E-state index in [0.29, 0.717) is 21.4 Å². The van der Waals surface area contributed by atoms with Crippen LogP contribution in [0.4, 0.5) is 0 Å². The van der Waals surface area contributed by atoms with E-state index in [4.69, 9.17) is 23.2 Å². The largest absolute Gasteiger partial charge is 0.311 e. The number of hydrogen-bond donors (Lipinski definition) is 0. The van der Waals surface area contributed by atoms with E-state index in [1.807, 2.05) is 10.6 Å². The molecule has 0 bridgehead atoms. The van der Waals surface area contributed by atoms with Crippen molar-refractivity contribution < 1.29 is 4.79 Å². The lowest BCUT2D eigenvalue weighted by Gasteiger charge is -2.17. The van der Waals surface area contributed by atoms with E-state index < -0.39 is 0 Å². The first kappa shape index (κ1) is 16.7. The predicted octanol–water partition coefficient (Wildman–Crippen LogP) is 5.20. The Morgan fingerprint density at radius 3 is 2.78 bits per heavy atom. The van der Waals surface area contributed by atoms with Gasteiger partial charge in [0, 0.05) is 12.5 Å². The van der Waals surface area contributed by atoms with E-state index >= 15 is 0 Å². The van der Waals surface area contributed by atoms with Gasteiger partial charge in [0.05, 0.1) is 20.3 Å². The fourth-order valence-corrected chi connectivity index (χ4v) is 4.55. The molecule has 1 aliphatic rings. The second-order valence-corrected chi connectivity index (χ2v) is 7.57. The summed E-state index contributed by atoms with van der Waals surface area (Å²) in [5.41, 5.74) is 0.819.